The maximum atomic E-state index is 13.1. The van der Waals surface area contributed by atoms with Crippen LogP contribution in [0.1, 0.15) is 47.9 Å². The van der Waals surface area contributed by atoms with Gasteiger partial charge in [0.1, 0.15) is 11.3 Å². The average molecular weight is 450 g/mol. The van der Waals surface area contributed by atoms with E-state index in [1.165, 1.54) is 0 Å². The predicted octanol–water partition coefficient (Wildman–Crippen LogP) is 2.69. The Kier molecular flexibility index (Phi) is 7.34. The lowest BCUT2D eigenvalue weighted by molar-refractivity contribution is -0.134. The molecule has 2 amide bonds. The Hall–Kier alpha value is -3.26. The van der Waals surface area contributed by atoms with Crippen LogP contribution >= 0.6 is 0 Å². The largest absolute Gasteiger partial charge is 0.378 e. The summed E-state index contributed by atoms with van der Waals surface area (Å²) in [6, 6.07) is 9.42. The first-order chi connectivity index (χ1) is 16.0. The number of aromatic nitrogens is 3. The van der Waals surface area contributed by atoms with Crippen LogP contribution in [-0.2, 0) is 16.0 Å². The van der Waals surface area contributed by atoms with Crippen LogP contribution in [0.3, 0.4) is 0 Å². The van der Waals surface area contributed by atoms with Crippen LogP contribution in [0.25, 0.3) is 5.65 Å². The smallest absolute Gasteiger partial charge is 0.268 e. The Balaban J connectivity index is 1.46. The van der Waals surface area contributed by atoms with Gasteiger partial charge >= 0.3 is 0 Å². The molecule has 1 atom stereocenters. The van der Waals surface area contributed by atoms with Gasteiger partial charge in [0.25, 0.3) is 5.91 Å². The van der Waals surface area contributed by atoms with Crippen LogP contribution in [0.15, 0.2) is 48.9 Å². The molecule has 0 spiro atoms. The molecule has 174 valence electrons. The fourth-order valence-electron chi connectivity index (χ4n) is 4.24. The van der Waals surface area contributed by atoms with E-state index in [0.29, 0.717) is 55.8 Å². The van der Waals surface area contributed by atoms with E-state index < -0.39 is 0 Å². The lowest BCUT2D eigenvalue weighted by Crippen LogP contribution is -2.41. The molecule has 0 radical (unpaired) electrons. The summed E-state index contributed by atoms with van der Waals surface area (Å²) in [6.45, 7) is 7.23. The topological polar surface area (TPSA) is 88.8 Å². The first kappa shape index (κ1) is 22.9. The third-order valence-corrected chi connectivity index (χ3v) is 5.89. The fraction of sp³-hybridized carbons (Fsp3) is 0.440. The molecule has 0 bridgehead atoms. The van der Waals surface area contributed by atoms with Crippen molar-refractivity contribution in [2.24, 2.45) is 5.92 Å². The quantitative estimate of drug-likeness (QED) is 0.571. The van der Waals surface area contributed by atoms with E-state index >= 15 is 0 Å². The summed E-state index contributed by atoms with van der Waals surface area (Å²) in [7, 11) is 0. The van der Waals surface area contributed by atoms with Gasteiger partial charge in [-0.2, -0.15) is 0 Å². The summed E-state index contributed by atoms with van der Waals surface area (Å²) in [6.07, 6.45) is 6.58. The average Bonchev–Trinajstić information content (AvgIpc) is 3.25. The number of amides is 2. The molecule has 3 aromatic rings. The number of ether oxygens (including phenoxy) is 1. The maximum Gasteiger partial charge on any atom is 0.268 e. The predicted molar refractivity (Wildman–Crippen MR) is 125 cm³/mol. The molecule has 1 aliphatic heterocycles. The highest BCUT2D eigenvalue weighted by molar-refractivity contribution is 5.93. The highest BCUT2D eigenvalue weighted by Crippen LogP contribution is 2.22. The zero-order valence-corrected chi connectivity index (χ0v) is 19.2. The summed E-state index contributed by atoms with van der Waals surface area (Å²) in [5.41, 5.74) is 2.93. The second kappa shape index (κ2) is 10.6. The van der Waals surface area contributed by atoms with Crippen molar-refractivity contribution in [3.05, 3.63) is 65.9 Å². The lowest BCUT2D eigenvalue weighted by atomic mass is 9.91. The van der Waals surface area contributed by atoms with Crippen LogP contribution in [0, 0.1) is 5.92 Å². The summed E-state index contributed by atoms with van der Waals surface area (Å²) < 4.78 is 7.08. The second-order valence-corrected chi connectivity index (χ2v) is 8.86. The first-order valence-corrected chi connectivity index (χ1v) is 11.5. The molecule has 4 heterocycles. The summed E-state index contributed by atoms with van der Waals surface area (Å²) in [5, 5.41) is 3.09. The molecule has 1 unspecified atom stereocenters. The van der Waals surface area contributed by atoms with Gasteiger partial charge in [0.15, 0.2) is 0 Å². The van der Waals surface area contributed by atoms with Gasteiger partial charge in [-0.25, -0.2) is 4.98 Å². The summed E-state index contributed by atoms with van der Waals surface area (Å²) in [4.78, 5) is 36.3. The van der Waals surface area contributed by atoms with E-state index in [1.54, 1.807) is 27.8 Å². The number of nitrogens with zero attached hydrogens (tertiary/aromatic N) is 4. The summed E-state index contributed by atoms with van der Waals surface area (Å²) >= 11 is 0. The van der Waals surface area contributed by atoms with E-state index in [4.69, 9.17) is 4.74 Å². The highest BCUT2D eigenvalue weighted by Gasteiger charge is 2.20. The van der Waals surface area contributed by atoms with Crippen molar-refractivity contribution < 1.29 is 14.3 Å². The minimum Gasteiger partial charge on any atom is -0.378 e. The van der Waals surface area contributed by atoms with Gasteiger partial charge in [-0.3, -0.25) is 19.0 Å². The van der Waals surface area contributed by atoms with Crippen molar-refractivity contribution in [1.82, 2.24) is 24.6 Å². The Morgan fingerprint density at radius 3 is 2.70 bits per heavy atom. The van der Waals surface area contributed by atoms with Crippen molar-refractivity contribution in [3.63, 3.8) is 0 Å². The Bertz CT molecular complexity index is 1090. The maximum absolute atomic E-state index is 13.1. The minimum absolute atomic E-state index is 0.0284. The molecule has 0 aliphatic carbocycles. The molecule has 0 saturated carbocycles. The number of nitrogens with one attached hydrogen (secondary N) is 1. The molecule has 1 saturated heterocycles. The molecule has 8 heteroatoms. The number of carbonyl (C=O) groups is 2. The zero-order valence-electron chi connectivity index (χ0n) is 19.2. The van der Waals surface area contributed by atoms with Crippen LogP contribution < -0.4 is 5.32 Å². The van der Waals surface area contributed by atoms with E-state index in [1.807, 2.05) is 24.4 Å². The molecule has 1 aliphatic rings. The van der Waals surface area contributed by atoms with Gasteiger partial charge in [0, 0.05) is 44.1 Å². The third kappa shape index (κ3) is 5.76. The van der Waals surface area contributed by atoms with Gasteiger partial charge in [-0.1, -0.05) is 26.0 Å². The van der Waals surface area contributed by atoms with Gasteiger partial charge < -0.3 is 15.0 Å². The SMILES string of the molecule is CC(C)CC(CNC(=O)c1cccc2nc(CC(=O)N3CCOCC3)cn12)c1cccnc1. The zero-order chi connectivity index (χ0) is 23.2. The molecule has 3 aromatic heterocycles. The molecular formula is C25H31N5O3. The van der Waals surface area contributed by atoms with Crippen molar-refractivity contribution in [2.45, 2.75) is 32.6 Å². The molecule has 1 fully saturated rings. The lowest BCUT2D eigenvalue weighted by Gasteiger charge is -2.26. The first-order valence-electron chi connectivity index (χ1n) is 11.5. The third-order valence-electron chi connectivity index (χ3n) is 5.89. The van der Waals surface area contributed by atoms with Crippen LogP contribution in [0.5, 0.6) is 0 Å². The second-order valence-electron chi connectivity index (χ2n) is 8.86. The molecule has 1 N–H and O–H groups in total. The number of hydrogen-bond donors (Lipinski definition) is 1. The highest BCUT2D eigenvalue weighted by atomic mass is 16.5. The number of rotatable bonds is 8. The van der Waals surface area contributed by atoms with Crippen molar-refractivity contribution in [2.75, 3.05) is 32.8 Å². The number of morpholine rings is 1. The van der Waals surface area contributed by atoms with Crippen molar-refractivity contribution >= 4 is 17.5 Å². The number of hydrogen-bond acceptors (Lipinski definition) is 5. The Morgan fingerprint density at radius 1 is 1.15 bits per heavy atom. The van der Waals surface area contributed by atoms with Crippen molar-refractivity contribution in [1.29, 1.82) is 0 Å². The van der Waals surface area contributed by atoms with E-state index in [2.05, 4.69) is 35.2 Å². The number of carbonyl (C=O) groups excluding carboxylic acids is 2. The Morgan fingerprint density at radius 2 is 1.97 bits per heavy atom. The number of imidazole rings is 1. The van der Waals surface area contributed by atoms with Gasteiger partial charge in [-0.05, 0) is 36.1 Å². The van der Waals surface area contributed by atoms with Crippen molar-refractivity contribution in [3.8, 4) is 0 Å². The molecule has 33 heavy (non-hydrogen) atoms. The summed E-state index contributed by atoms with van der Waals surface area (Å²) in [5.74, 6) is 0.546. The van der Waals surface area contributed by atoms with E-state index in [0.717, 1.165) is 12.0 Å². The monoisotopic (exact) mass is 449 g/mol. The molecule has 8 nitrogen and oxygen atoms in total. The van der Waals surface area contributed by atoms with Crippen LogP contribution in [0.2, 0.25) is 0 Å². The molecular weight excluding hydrogens is 418 g/mol. The normalized spacial score (nSPS) is 15.1. The molecule has 0 aromatic carbocycles. The molecule has 4 rings (SSSR count). The standard InChI is InChI=1S/C25H31N5O3/c1-18(2)13-20(19-5-4-8-26-15-19)16-27-25(32)22-6-3-7-23-28-21(17-30(22)23)14-24(31)29-9-11-33-12-10-29/h3-8,15,17-18,20H,9-14,16H2,1-2H3,(H,27,32). The minimum atomic E-state index is -0.165. The number of fused-ring (bicyclic) bond motifs is 1. The van der Waals surface area contributed by atoms with Gasteiger partial charge in [0.05, 0.1) is 25.3 Å². The van der Waals surface area contributed by atoms with Gasteiger partial charge in [0.2, 0.25) is 5.91 Å². The van der Waals surface area contributed by atoms with E-state index in [-0.39, 0.29) is 24.2 Å². The van der Waals surface area contributed by atoms with Gasteiger partial charge in [-0.15, -0.1) is 0 Å². The van der Waals surface area contributed by atoms with E-state index in [9.17, 15) is 9.59 Å². The number of pyridine rings is 2. The fourth-order valence-corrected chi connectivity index (χ4v) is 4.24. The van der Waals surface area contributed by atoms with Crippen LogP contribution in [0.4, 0.5) is 0 Å². The Labute approximate surface area is 194 Å². The van der Waals surface area contributed by atoms with Crippen LogP contribution in [-0.4, -0.2) is 63.9 Å².